The molecule has 1 atom stereocenters. The van der Waals surface area contributed by atoms with Crippen molar-refractivity contribution < 1.29 is 17.6 Å². The second-order valence-electron chi connectivity index (χ2n) is 9.91. The highest BCUT2D eigenvalue weighted by Crippen LogP contribution is 2.30. The molecule has 3 heterocycles. The van der Waals surface area contributed by atoms with Crippen molar-refractivity contribution in [1.82, 2.24) is 14.3 Å². The number of sulfone groups is 1. The van der Waals surface area contributed by atoms with Crippen LogP contribution in [0.15, 0.2) is 23.1 Å². The molecule has 7 nitrogen and oxygen atoms in total. The van der Waals surface area contributed by atoms with Gasteiger partial charge in [0, 0.05) is 55.8 Å². The molecule has 0 spiro atoms. The molecule has 0 radical (unpaired) electrons. The molecule has 2 aromatic rings. The number of rotatable bonds is 7. The number of piperidine rings is 2. The summed E-state index contributed by atoms with van der Waals surface area (Å²) in [6.45, 7) is 6.75. The average Bonchev–Trinajstić information content (AvgIpc) is 3.23. The molecule has 2 saturated heterocycles. The number of likely N-dealkylation sites (tertiary alicyclic amines) is 1. The Morgan fingerprint density at radius 1 is 1.18 bits per heavy atom. The van der Waals surface area contributed by atoms with E-state index in [-0.39, 0.29) is 22.8 Å². The number of carbonyl (C=O) groups is 1. The van der Waals surface area contributed by atoms with Gasteiger partial charge in [-0.15, -0.1) is 0 Å². The summed E-state index contributed by atoms with van der Waals surface area (Å²) < 4.78 is 42.4. The molecule has 0 N–H and O–H groups in total. The summed E-state index contributed by atoms with van der Waals surface area (Å²) in [6, 6.07) is 4.18. The molecule has 186 valence electrons. The van der Waals surface area contributed by atoms with Gasteiger partial charge in [-0.2, -0.15) is 4.37 Å². The quantitative estimate of drug-likeness (QED) is 0.567. The topological polar surface area (TPSA) is 83.5 Å². The van der Waals surface area contributed by atoms with Crippen molar-refractivity contribution in [3.63, 3.8) is 0 Å². The second kappa shape index (κ2) is 10.3. The third kappa shape index (κ3) is 5.76. The van der Waals surface area contributed by atoms with Crippen molar-refractivity contribution in [3.05, 3.63) is 35.4 Å². The standard InChI is InChI=1S/C24H33FN4O3S2/c1-16(2)13-22-26-24(33-27-22)28-11-8-19(9-12-28)29-10-4-5-18(23(29)30)14-17-6-7-20(15-21(17)25)34(3,31)32/h6-7,15-16,18-19H,4-5,8-14H2,1-3H3/t18-/m1/s1. The van der Waals surface area contributed by atoms with E-state index in [2.05, 4.69) is 23.1 Å². The minimum absolute atomic E-state index is 0.0381. The lowest BCUT2D eigenvalue weighted by Crippen LogP contribution is -2.52. The Balaban J connectivity index is 1.36. The Morgan fingerprint density at radius 3 is 2.56 bits per heavy atom. The third-order valence-corrected chi connectivity index (χ3v) is 8.65. The first-order valence-electron chi connectivity index (χ1n) is 12.0. The highest BCUT2D eigenvalue weighted by molar-refractivity contribution is 7.90. The van der Waals surface area contributed by atoms with Gasteiger partial charge in [0.05, 0.1) is 4.90 Å². The Labute approximate surface area is 205 Å². The summed E-state index contributed by atoms with van der Waals surface area (Å²) in [6.07, 6.45) is 5.63. The summed E-state index contributed by atoms with van der Waals surface area (Å²) in [4.78, 5) is 22.2. The molecule has 0 unspecified atom stereocenters. The first kappa shape index (κ1) is 25.0. The SMILES string of the molecule is CC(C)Cc1nsc(N2CCC(N3CCC[C@H](Cc4ccc(S(C)(=O)=O)cc4F)C3=O)CC2)n1. The average molecular weight is 509 g/mol. The van der Waals surface area contributed by atoms with Crippen LogP contribution in [-0.4, -0.2) is 60.5 Å². The fraction of sp³-hybridized carbons (Fsp3) is 0.625. The molecule has 2 fully saturated rings. The van der Waals surface area contributed by atoms with Gasteiger partial charge in [0.15, 0.2) is 9.84 Å². The van der Waals surface area contributed by atoms with Crippen LogP contribution in [-0.2, 0) is 27.5 Å². The number of nitrogens with zero attached hydrogens (tertiary/aromatic N) is 4. The Bertz CT molecular complexity index is 1130. The largest absolute Gasteiger partial charge is 0.347 e. The van der Waals surface area contributed by atoms with E-state index < -0.39 is 15.7 Å². The van der Waals surface area contributed by atoms with Gasteiger partial charge in [0.1, 0.15) is 11.6 Å². The highest BCUT2D eigenvalue weighted by atomic mass is 32.2. The van der Waals surface area contributed by atoms with E-state index in [1.54, 1.807) is 0 Å². The van der Waals surface area contributed by atoms with Crippen LogP contribution in [0, 0.1) is 17.7 Å². The molecular formula is C24H33FN4O3S2. The number of amides is 1. The number of benzene rings is 1. The number of halogens is 1. The van der Waals surface area contributed by atoms with Gasteiger partial charge in [-0.25, -0.2) is 17.8 Å². The van der Waals surface area contributed by atoms with Gasteiger partial charge >= 0.3 is 0 Å². The van der Waals surface area contributed by atoms with Crippen LogP contribution in [0.5, 0.6) is 0 Å². The van der Waals surface area contributed by atoms with Crippen LogP contribution in [0.2, 0.25) is 0 Å². The lowest BCUT2D eigenvalue weighted by Gasteiger charge is -2.42. The Morgan fingerprint density at radius 2 is 1.91 bits per heavy atom. The summed E-state index contributed by atoms with van der Waals surface area (Å²) in [5.74, 6) is 0.689. The van der Waals surface area contributed by atoms with Crippen molar-refractivity contribution >= 4 is 32.4 Å². The smallest absolute Gasteiger partial charge is 0.226 e. The van der Waals surface area contributed by atoms with Gasteiger partial charge in [-0.1, -0.05) is 19.9 Å². The number of carbonyl (C=O) groups excluding carboxylic acids is 1. The van der Waals surface area contributed by atoms with Gasteiger partial charge in [-0.05, 0) is 55.7 Å². The number of aromatic nitrogens is 2. The van der Waals surface area contributed by atoms with E-state index >= 15 is 0 Å². The zero-order chi connectivity index (χ0) is 24.5. The molecule has 2 aliphatic heterocycles. The summed E-state index contributed by atoms with van der Waals surface area (Å²) in [5.41, 5.74) is 0.399. The first-order valence-corrected chi connectivity index (χ1v) is 14.6. The van der Waals surface area contributed by atoms with Crippen molar-refractivity contribution in [1.29, 1.82) is 0 Å². The minimum atomic E-state index is -3.46. The van der Waals surface area contributed by atoms with Gasteiger partial charge in [-0.3, -0.25) is 4.79 Å². The van der Waals surface area contributed by atoms with Crippen LogP contribution in [0.4, 0.5) is 9.52 Å². The molecule has 0 aliphatic carbocycles. The molecule has 2 aliphatic rings. The molecule has 1 amide bonds. The lowest BCUT2D eigenvalue weighted by molar-refractivity contribution is -0.141. The Hall–Kier alpha value is -2.07. The van der Waals surface area contributed by atoms with Crippen LogP contribution >= 0.6 is 11.5 Å². The maximum Gasteiger partial charge on any atom is 0.226 e. The number of hydrogen-bond donors (Lipinski definition) is 0. The summed E-state index contributed by atoms with van der Waals surface area (Å²) in [7, 11) is -3.46. The van der Waals surface area contributed by atoms with E-state index in [1.165, 1.54) is 23.7 Å². The van der Waals surface area contributed by atoms with Crippen molar-refractivity contribution in [2.45, 2.75) is 63.3 Å². The fourth-order valence-electron chi connectivity index (χ4n) is 4.91. The number of hydrogen-bond acceptors (Lipinski definition) is 7. The minimum Gasteiger partial charge on any atom is -0.347 e. The maximum atomic E-state index is 14.6. The van der Waals surface area contributed by atoms with E-state index in [1.807, 2.05) is 4.90 Å². The zero-order valence-electron chi connectivity index (χ0n) is 20.0. The molecule has 4 rings (SSSR count). The first-order chi connectivity index (χ1) is 16.1. The van der Waals surface area contributed by atoms with Crippen LogP contribution in [0.3, 0.4) is 0 Å². The predicted octanol–water partition coefficient (Wildman–Crippen LogP) is 3.73. The van der Waals surface area contributed by atoms with Crippen molar-refractivity contribution in [2.75, 3.05) is 30.8 Å². The summed E-state index contributed by atoms with van der Waals surface area (Å²) in [5, 5.41) is 0.963. The predicted molar refractivity (Wildman–Crippen MR) is 131 cm³/mol. The molecular weight excluding hydrogens is 475 g/mol. The maximum absolute atomic E-state index is 14.6. The van der Waals surface area contributed by atoms with Gasteiger partial charge in [0.2, 0.25) is 11.0 Å². The van der Waals surface area contributed by atoms with Crippen LogP contribution in [0.1, 0.15) is 50.9 Å². The summed E-state index contributed by atoms with van der Waals surface area (Å²) >= 11 is 1.45. The molecule has 0 bridgehead atoms. The van der Waals surface area contributed by atoms with E-state index in [0.717, 1.165) is 75.0 Å². The molecule has 1 aromatic heterocycles. The van der Waals surface area contributed by atoms with Crippen LogP contribution < -0.4 is 4.90 Å². The molecule has 1 aromatic carbocycles. The lowest BCUT2D eigenvalue weighted by atomic mass is 9.88. The highest BCUT2D eigenvalue weighted by Gasteiger charge is 2.35. The molecule has 34 heavy (non-hydrogen) atoms. The number of anilines is 1. The zero-order valence-corrected chi connectivity index (χ0v) is 21.7. The molecule has 10 heteroatoms. The Kier molecular flexibility index (Phi) is 7.57. The van der Waals surface area contributed by atoms with E-state index in [9.17, 15) is 17.6 Å². The van der Waals surface area contributed by atoms with E-state index in [4.69, 9.17) is 4.98 Å². The van der Waals surface area contributed by atoms with E-state index in [0.29, 0.717) is 17.9 Å². The molecule has 0 saturated carbocycles. The van der Waals surface area contributed by atoms with Crippen LogP contribution in [0.25, 0.3) is 0 Å². The normalized spacial score (nSPS) is 20.4. The van der Waals surface area contributed by atoms with Gasteiger partial charge in [0.25, 0.3) is 0 Å². The monoisotopic (exact) mass is 508 g/mol. The van der Waals surface area contributed by atoms with Gasteiger partial charge < -0.3 is 9.80 Å². The fourth-order valence-corrected chi connectivity index (χ4v) is 6.29. The van der Waals surface area contributed by atoms with Crippen molar-refractivity contribution in [3.8, 4) is 0 Å². The third-order valence-electron chi connectivity index (χ3n) is 6.73. The second-order valence-corrected chi connectivity index (χ2v) is 12.7. The van der Waals surface area contributed by atoms with Crippen molar-refractivity contribution in [2.24, 2.45) is 11.8 Å².